The van der Waals surface area contributed by atoms with Gasteiger partial charge in [-0.3, -0.25) is 4.79 Å². The van der Waals surface area contributed by atoms with E-state index in [1.165, 1.54) is 15.6 Å². The quantitative estimate of drug-likeness (QED) is 0.814. The fraction of sp³-hybridized carbons (Fsp3) is 0.615. The predicted octanol–water partition coefficient (Wildman–Crippen LogP) is 1.00. The van der Waals surface area contributed by atoms with Crippen LogP contribution in [0.15, 0.2) is 21.7 Å². The van der Waals surface area contributed by atoms with Gasteiger partial charge in [-0.05, 0) is 31.3 Å². The molecular formula is C13H22ClN3O3S2. The maximum Gasteiger partial charge on any atom is 0.253 e. The number of rotatable bonds is 6. The number of sulfonamides is 1. The molecule has 1 fully saturated rings. The van der Waals surface area contributed by atoms with Gasteiger partial charge in [0.05, 0.1) is 0 Å². The lowest BCUT2D eigenvalue weighted by molar-refractivity contribution is -0.133. The van der Waals surface area contributed by atoms with Gasteiger partial charge in [0.2, 0.25) is 5.91 Å². The molecule has 2 heterocycles. The van der Waals surface area contributed by atoms with Crippen molar-refractivity contribution in [2.24, 2.45) is 0 Å². The van der Waals surface area contributed by atoms with Crippen molar-refractivity contribution in [1.82, 2.24) is 14.5 Å². The minimum atomic E-state index is -3.55. The molecule has 1 amide bonds. The zero-order chi connectivity index (χ0) is 15.5. The van der Waals surface area contributed by atoms with E-state index in [2.05, 4.69) is 5.32 Å². The molecular weight excluding hydrogens is 346 g/mol. The molecule has 1 N–H and O–H groups in total. The van der Waals surface area contributed by atoms with E-state index in [9.17, 15) is 13.2 Å². The summed E-state index contributed by atoms with van der Waals surface area (Å²) in [5.74, 6) is -0.122. The summed E-state index contributed by atoms with van der Waals surface area (Å²) in [6.07, 6.45) is 1.31. The second-order valence-corrected chi connectivity index (χ2v) is 8.13. The van der Waals surface area contributed by atoms with Crippen molar-refractivity contribution in [3.05, 3.63) is 17.5 Å². The number of thiophene rings is 1. The molecule has 1 aromatic rings. The summed E-state index contributed by atoms with van der Waals surface area (Å²) in [5, 5.41) is 4.72. The molecule has 1 aliphatic heterocycles. The number of hydrogen-bond acceptors (Lipinski definition) is 5. The van der Waals surface area contributed by atoms with Crippen molar-refractivity contribution in [3.63, 3.8) is 0 Å². The van der Waals surface area contributed by atoms with Crippen molar-refractivity contribution in [1.29, 1.82) is 0 Å². The van der Waals surface area contributed by atoms with E-state index in [1.54, 1.807) is 29.5 Å². The van der Waals surface area contributed by atoms with Gasteiger partial charge in [-0.25, -0.2) is 8.42 Å². The predicted molar refractivity (Wildman–Crippen MR) is 90.0 cm³/mol. The first-order valence-corrected chi connectivity index (χ1v) is 9.25. The van der Waals surface area contributed by atoms with Gasteiger partial charge in [0.25, 0.3) is 10.0 Å². The van der Waals surface area contributed by atoms with E-state index in [0.29, 0.717) is 30.3 Å². The second-order valence-electron chi connectivity index (χ2n) is 5.07. The van der Waals surface area contributed by atoms with Crippen molar-refractivity contribution in [2.45, 2.75) is 23.1 Å². The molecule has 1 atom stereocenters. The van der Waals surface area contributed by atoms with Gasteiger partial charge in [0.1, 0.15) is 10.3 Å². The molecule has 1 aliphatic rings. The third kappa shape index (κ3) is 3.99. The zero-order valence-electron chi connectivity index (χ0n) is 12.7. The van der Waals surface area contributed by atoms with Crippen LogP contribution in [0, 0.1) is 0 Å². The maximum absolute atomic E-state index is 12.6. The molecule has 1 aromatic heterocycles. The molecule has 0 bridgehead atoms. The van der Waals surface area contributed by atoms with E-state index in [1.807, 2.05) is 7.05 Å². The number of likely N-dealkylation sites (N-methyl/N-ethyl adjacent to an activating group) is 2. The summed E-state index contributed by atoms with van der Waals surface area (Å²) in [6, 6.07) is 2.73. The number of nitrogens with zero attached hydrogens (tertiary/aromatic N) is 2. The summed E-state index contributed by atoms with van der Waals surface area (Å²) in [6.45, 7) is 1.67. The summed E-state index contributed by atoms with van der Waals surface area (Å²) < 4.78 is 26.9. The molecule has 0 saturated carbocycles. The number of nitrogens with one attached hydrogen (secondary N) is 1. The Bertz CT molecular complexity index is 577. The number of halogens is 1. The third-order valence-corrected chi connectivity index (χ3v) is 6.90. The average Bonchev–Trinajstić information content (AvgIpc) is 3.13. The van der Waals surface area contributed by atoms with Gasteiger partial charge in [-0.2, -0.15) is 4.31 Å². The van der Waals surface area contributed by atoms with Gasteiger partial charge in [0, 0.05) is 26.7 Å². The van der Waals surface area contributed by atoms with E-state index >= 15 is 0 Å². The zero-order valence-corrected chi connectivity index (χ0v) is 15.1. The van der Waals surface area contributed by atoms with Crippen LogP contribution in [0.5, 0.6) is 0 Å². The normalized spacial score (nSPS) is 18.9. The average molecular weight is 368 g/mol. The Morgan fingerprint density at radius 2 is 2.27 bits per heavy atom. The molecule has 2 rings (SSSR count). The molecule has 126 valence electrons. The smallest absolute Gasteiger partial charge is 0.253 e. The lowest BCUT2D eigenvalue weighted by Gasteiger charge is -2.27. The number of amides is 1. The second kappa shape index (κ2) is 8.26. The van der Waals surface area contributed by atoms with Crippen LogP contribution in [-0.4, -0.2) is 63.3 Å². The van der Waals surface area contributed by atoms with Crippen LogP contribution in [0.4, 0.5) is 0 Å². The Morgan fingerprint density at radius 1 is 1.55 bits per heavy atom. The Morgan fingerprint density at radius 3 is 2.86 bits per heavy atom. The van der Waals surface area contributed by atoms with Gasteiger partial charge in [-0.15, -0.1) is 23.7 Å². The van der Waals surface area contributed by atoms with Crippen molar-refractivity contribution < 1.29 is 13.2 Å². The van der Waals surface area contributed by atoms with Crippen LogP contribution in [-0.2, 0) is 14.8 Å². The maximum atomic E-state index is 12.6. The fourth-order valence-electron chi connectivity index (χ4n) is 2.44. The molecule has 1 saturated heterocycles. The highest BCUT2D eigenvalue weighted by molar-refractivity contribution is 7.91. The summed E-state index contributed by atoms with van der Waals surface area (Å²) in [5.41, 5.74) is 0. The van der Waals surface area contributed by atoms with E-state index in [-0.39, 0.29) is 18.3 Å². The number of hydrogen-bond donors (Lipinski definition) is 1. The first kappa shape index (κ1) is 19.4. The molecule has 0 radical (unpaired) electrons. The minimum absolute atomic E-state index is 0. The SMILES string of the molecule is CNCCN(C)C(=O)C1CCCN1S(=O)(=O)c1cccs1.Cl. The van der Waals surface area contributed by atoms with Crippen molar-refractivity contribution in [2.75, 3.05) is 33.7 Å². The molecule has 6 nitrogen and oxygen atoms in total. The summed E-state index contributed by atoms with van der Waals surface area (Å²) in [7, 11) is -0.0178. The van der Waals surface area contributed by atoms with Crippen LogP contribution >= 0.6 is 23.7 Å². The lowest BCUT2D eigenvalue weighted by Crippen LogP contribution is -2.47. The van der Waals surface area contributed by atoms with Crippen molar-refractivity contribution in [3.8, 4) is 0 Å². The first-order valence-electron chi connectivity index (χ1n) is 6.93. The Labute approximate surface area is 141 Å². The third-order valence-electron chi connectivity index (χ3n) is 3.62. The lowest BCUT2D eigenvalue weighted by atomic mass is 10.2. The number of carbonyl (C=O) groups is 1. The highest BCUT2D eigenvalue weighted by Crippen LogP contribution is 2.29. The molecule has 9 heteroatoms. The molecule has 0 spiro atoms. The topological polar surface area (TPSA) is 69.7 Å². The Balaban J connectivity index is 0.00000242. The summed E-state index contributed by atoms with van der Waals surface area (Å²) >= 11 is 1.19. The van der Waals surface area contributed by atoms with Crippen molar-refractivity contribution >= 4 is 39.7 Å². The highest BCUT2D eigenvalue weighted by Gasteiger charge is 2.40. The number of carbonyl (C=O) groups excluding carboxylic acids is 1. The van der Waals surface area contributed by atoms with Crippen LogP contribution in [0.1, 0.15) is 12.8 Å². The molecule has 22 heavy (non-hydrogen) atoms. The van der Waals surface area contributed by atoms with E-state index < -0.39 is 16.1 Å². The highest BCUT2D eigenvalue weighted by atomic mass is 35.5. The van der Waals surface area contributed by atoms with Crippen LogP contribution in [0.25, 0.3) is 0 Å². The standard InChI is InChI=1S/C13H21N3O3S2.ClH/c1-14-7-9-15(2)13(17)11-5-3-8-16(11)21(18,19)12-6-4-10-20-12;/h4,6,10-11,14H,3,5,7-9H2,1-2H3;1H. The van der Waals surface area contributed by atoms with Gasteiger partial charge < -0.3 is 10.2 Å². The van der Waals surface area contributed by atoms with E-state index in [4.69, 9.17) is 0 Å². The summed E-state index contributed by atoms with van der Waals surface area (Å²) in [4.78, 5) is 14.1. The van der Waals surface area contributed by atoms with E-state index in [0.717, 1.165) is 6.42 Å². The Kier molecular flexibility index (Phi) is 7.27. The fourth-order valence-corrected chi connectivity index (χ4v) is 5.21. The monoisotopic (exact) mass is 367 g/mol. The van der Waals surface area contributed by atoms with Gasteiger partial charge in [0.15, 0.2) is 0 Å². The molecule has 0 aliphatic carbocycles. The van der Waals surface area contributed by atoms with Gasteiger partial charge >= 0.3 is 0 Å². The Hall–Kier alpha value is -0.670. The van der Waals surface area contributed by atoms with Crippen LogP contribution in [0.2, 0.25) is 0 Å². The van der Waals surface area contributed by atoms with Gasteiger partial charge in [-0.1, -0.05) is 6.07 Å². The molecule has 0 aromatic carbocycles. The minimum Gasteiger partial charge on any atom is -0.343 e. The van der Waals surface area contributed by atoms with Crippen LogP contribution < -0.4 is 5.32 Å². The first-order chi connectivity index (χ1) is 9.98. The largest absolute Gasteiger partial charge is 0.343 e. The molecule has 1 unspecified atom stereocenters. The van der Waals surface area contributed by atoms with Crippen LogP contribution in [0.3, 0.4) is 0 Å².